The average molecular weight is 227 g/mol. The monoisotopic (exact) mass is 227 g/mol. The first kappa shape index (κ1) is 13.5. The van der Waals surface area contributed by atoms with Crippen LogP contribution in [0.2, 0.25) is 0 Å². The lowest BCUT2D eigenvalue weighted by molar-refractivity contribution is -0.141. The van der Waals surface area contributed by atoms with E-state index in [2.05, 4.69) is 6.92 Å². The van der Waals surface area contributed by atoms with E-state index in [4.69, 9.17) is 0 Å². The van der Waals surface area contributed by atoms with Gasteiger partial charge in [-0.3, -0.25) is 4.79 Å². The zero-order valence-corrected chi connectivity index (χ0v) is 10.8. The van der Waals surface area contributed by atoms with Crippen LogP contribution in [0.5, 0.6) is 0 Å². The zero-order chi connectivity index (χ0) is 12.2. The van der Waals surface area contributed by atoms with Crippen LogP contribution in [0.15, 0.2) is 0 Å². The van der Waals surface area contributed by atoms with Gasteiger partial charge in [0.05, 0.1) is 6.10 Å². The van der Waals surface area contributed by atoms with Crippen molar-refractivity contribution >= 4 is 5.91 Å². The second-order valence-corrected chi connectivity index (χ2v) is 5.49. The Kier molecular flexibility index (Phi) is 4.78. The molecule has 1 N–H and O–H groups in total. The third-order valence-corrected chi connectivity index (χ3v) is 3.70. The number of nitrogens with zero attached hydrogens (tertiary/aromatic N) is 1. The van der Waals surface area contributed by atoms with Crippen LogP contribution >= 0.6 is 0 Å². The molecule has 1 aliphatic rings. The van der Waals surface area contributed by atoms with Crippen molar-refractivity contribution in [2.75, 3.05) is 13.6 Å². The van der Waals surface area contributed by atoms with Crippen molar-refractivity contribution in [2.24, 2.45) is 5.41 Å². The van der Waals surface area contributed by atoms with Crippen LogP contribution in [0.3, 0.4) is 0 Å². The summed E-state index contributed by atoms with van der Waals surface area (Å²) in [5.41, 5.74) is -0.147. The molecule has 1 rings (SSSR count). The first-order chi connectivity index (χ1) is 7.46. The van der Waals surface area contributed by atoms with Gasteiger partial charge in [-0.1, -0.05) is 26.2 Å². The van der Waals surface area contributed by atoms with E-state index in [0.29, 0.717) is 13.0 Å². The summed E-state index contributed by atoms with van der Waals surface area (Å²) in [7, 11) is 1.85. The lowest BCUT2D eigenvalue weighted by Gasteiger charge is -2.35. The number of rotatable bonds is 4. The van der Waals surface area contributed by atoms with Gasteiger partial charge in [-0.05, 0) is 26.2 Å². The van der Waals surface area contributed by atoms with Gasteiger partial charge in [0.2, 0.25) is 5.91 Å². The molecule has 1 atom stereocenters. The second kappa shape index (κ2) is 5.67. The molecule has 1 fully saturated rings. The predicted octanol–water partition coefficient (Wildman–Crippen LogP) is 2.19. The molecule has 0 heterocycles. The lowest BCUT2D eigenvalue weighted by Crippen LogP contribution is -2.42. The van der Waals surface area contributed by atoms with Crippen LogP contribution in [0.4, 0.5) is 0 Å². The van der Waals surface area contributed by atoms with Gasteiger partial charge in [0.15, 0.2) is 0 Å². The zero-order valence-electron chi connectivity index (χ0n) is 10.8. The first-order valence-corrected chi connectivity index (χ1v) is 6.39. The van der Waals surface area contributed by atoms with Gasteiger partial charge in [0.25, 0.3) is 0 Å². The minimum absolute atomic E-state index is 0.147. The molecular formula is C13H25NO2. The van der Waals surface area contributed by atoms with E-state index in [9.17, 15) is 9.90 Å². The van der Waals surface area contributed by atoms with Crippen LogP contribution < -0.4 is 0 Å². The van der Waals surface area contributed by atoms with Gasteiger partial charge >= 0.3 is 0 Å². The standard InChI is InChI=1S/C13H25NO2/c1-11(15)7-10-14(3)12(16)13(2)8-5-4-6-9-13/h11,15H,4-10H2,1-3H3. The van der Waals surface area contributed by atoms with Gasteiger partial charge in [-0.25, -0.2) is 0 Å². The van der Waals surface area contributed by atoms with Crippen LogP contribution in [0, 0.1) is 5.41 Å². The molecule has 0 bridgehead atoms. The highest BCUT2D eigenvalue weighted by Gasteiger charge is 2.36. The highest BCUT2D eigenvalue weighted by molar-refractivity contribution is 5.82. The molecule has 0 spiro atoms. The highest BCUT2D eigenvalue weighted by Crippen LogP contribution is 2.37. The molecule has 1 aliphatic carbocycles. The Morgan fingerprint density at radius 3 is 2.44 bits per heavy atom. The molecule has 0 saturated heterocycles. The number of aliphatic hydroxyl groups is 1. The van der Waals surface area contributed by atoms with Crippen LogP contribution in [0.1, 0.15) is 52.4 Å². The first-order valence-electron chi connectivity index (χ1n) is 6.39. The summed E-state index contributed by atoms with van der Waals surface area (Å²) in [5.74, 6) is 0.257. The van der Waals surface area contributed by atoms with Crippen LogP contribution in [-0.2, 0) is 4.79 Å². The van der Waals surface area contributed by atoms with E-state index in [0.717, 1.165) is 12.8 Å². The van der Waals surface area contributed by atoms with Crippen molar-refractivity contribution in [1.82, 2.24) is 4.90 Å². The fourth-order valence-corrected chi connectivity index (χ4v) is 2.49. The Morgan fingerprint density at radius 2 is 1.94 bits per heavy atom. The Morgan fingerprint density at radius 1 is 1.38 bits per heavy atom. The summed E-state index contributed by atoms with van der Waals surface area (Å²) < 4.78 is 0. The fraction of sp³-hybridized carbons (Fsp3) is 0.923. The molecule has 0 radical (unpaired) electrons. The third-order valence-electron chi connectivity index (χ3n) is 3.70. The van der Waals surface area contributed by atoms with Crippen LogP contribution in [-0.4, -0.2) is 35.6 Å². The second-order valence-electron chi connectivity index (χ2n) is 5.49. The van der Waals surface area contributed by atoms with Crippen molar-refractivity contribution in [3.8, 4) is 0 Å². The maximum Gasteiger partial charge on any atom is 0.228 e. The molecule has 3 nitrogen and oxygen atoms in total. The van der Waals surface area contributed by atoms with Crippen molar-refractivity contribution in [3.05, 3.63) is 0 Å². The Balaban J connectivity index is 2.48. The molecule has 3 heteroatoms. The molecule has 0 aliphatic heterocycles. The molecule has 0 aromatic carbocycles. The molecule has 1 unspecified atom stereocenters. The van der Waals surface area contributed by atoms with E-state index >= 15 is 0 Å². The maximum absolute atomic E-state index is 12.3. The molecule has 0 aromatic rings. The average Bonchev–Trinajstić information content (AvgIpc) is 2.25. The van der Waals surface area contributed by atoms with E-state index in [-0.39, 0.29) is 17.4 Å². The van der Waals surface area contributed by atoms with E-state index in [1.165, 1.54) is 19.3 Å². The van der Waals surface area contributed by atoms with Gasteiger partial charge < -0.3 is 10.0 Å². The molecule has 1 amide bonds. The van der Waals surface area contributed by atoms with Gasteiger partial charge in [0.1, 0.15) is 0 Å². The minimum atomic E-state index is -0.325. The van der Waals surface area contributed by atoms with Gasteiger partial charge in [-0.2, -0.15) is 0 Å². The minimum Gasteiger partial charge on any atom is -0.393 e. The number of carbonyl (C=O) groups excluding carboxylic acids is 1. The van der Waals surface area contributed by atoms with Crippen molar-refractivity contribution < 1.29 is 9.90 Å². The summed E-state index contributed by atoms with van der Waals surface area (Å²) in [6, 6.07) is 0. The van der Waals surface area contributed by atoms with Crippen molar-refractivity contribution in [3.63, 3.8) is 0 Å². The number of aliphatic hydroxyl groups excluding tert-OH is 1. The topological polar surface area (TPSA) is 40.5 Å². The maximum atomic E-state index is 12.3. The number of carbonyl (C=O) groups is 1. The van der Waals surface area contributed by atoms with Crippen LogP contribution in [0.25, 0.3) is 0 Å². The third kappa shape index (κ3) is 3.48. The Bertz CT molecular complexity index is 232. The summed E-state index contributed by atoms with van der Waals surface area (Å²) in [4.78, 5) is 14.1. The molecular weight excluding hydrogens is 202 g/mol. The fourth-order valence-electron chi connectivity index (χ4n) is 2.49. The van der Waals surface area contributed by atoms with Crippen molar-refractivity contribution in [1.29, 1.82) is 0 Å². The number of amides is 1. The predicted molar refractivity (Wildman–Crippen MR) is 65.1 cm³/mol. The summed E-state index contributed by atoms with van der Waals surface area (Å²) in [6.45, 7) is 4.51. The quantitative estimate of drug-likeness (QED) is 0.799. The Hall–Kier alpha value is -0.570. The highest BCUT2D eigenvalue weighted by atomic mass is 16.3. The smallest absolute Gasteiger partial charge is 0.228 e. The van der Waals surface area contributed by atoms with Gasteiger partial charge in [0, 0.05) is 19.0 Å². The lowest BCUT2D eigenvalue weighted by atomic mass is 9.74. The number of hydrogen-bond donors (Lipinski definition) is 1. The SMILES string of the molecule is CC(O)CCN(C)C(=O)C1(C)CCCCC1. The normalized spacial score (nSPS) is 21.5. The summed E-state index contributed by atoms with van der Waals surface area (Å²) in [5, 5.41) is 9.22. The van der Waals surface area contributed by atoms with E-state index in [1.807, 2.05) is 7.05 Å². The van der Waals surface area contributed by atoms with E-state index < -0.39 is 0 Å². The summed E-state index contributed by atoms with van der Waals surface area (Å²) in [6.07, 6.45) is 5.99. The molecule has 0 aromatic heterocycles. The van der Waals surface area contributed by atoms with Gasteiger partial charge in [-0.15, -0.1) is 0 Å². The molecule has 1 saturated carbocycles. The van der Waals surface area contributed by atoms with E-state index in [1.54, 1.807) is 11.8 Å². The molecule has 16 heavy (non-hydrogen) atoms. The largest absolute Gasteiger partial charge is 0.393 e. The van der Waals surface area contributed by atoms with Crippen molar-refractivity contribution in [2.45, 2.75) is 58.5 Å². The summed E-state index contributed by atoms with van der Waals surface area (Å²) >= 11 is 0. The Labute approximate surface area is 98.8 Å². The molecule has 94 valence electrons. The number of hydrogen-bond acceptors (Lipinski definition) is 2.